The Labute approximate surface area is 86.8 Å². The number of nitrogens with zero attached hydrogens (tertiary/aromatic N) is 1. The summed E-state index contributed by atoms with van der Waals surface area (Å²) >= 11 is 0. The van der Waals surface area contributed by atoms with E-state index >= 15 is 0 Å². The van der Waals surface area contributed by atoms with E-state index in [-0.39, 0.29) is 32.7 Å². The van der Waals surface area contributed by atoms with Gasteiger partial charge in [-0.15, -0.1) is 0 Å². The van der Waals surface area contributed by atoms with Crippen LogP contribution in [0.25, 0.3) is 0 Å². The van der Waals surface area contributed by atoms with E-state index < -0.39 is 11.8 Å². The first-order valence-electron chi connectivity index (χ1n) is 4.99. The average molecular weight is 227 g/mol. The topological polar surface area (TPSA) is 32.7 Å². The number of rotatable bonds is 4. The predicted molar refractivity (Wildman–Crippen MR) is 48.6 cm³/mol. The van der Waals surface area contributed by atoms with Crippen LogP contribution in [0.5, 0.6) is 0 Å². The fourth-order valence-electron chi connectivity index (χ4n) is 1.90. The lowest BCUT2D eigenvalue weighted by Crippen LogP contribution is -2.50. The third kappa shape index (κ3) is 2.62. The molecule has 0 aromatic carbocycles. The van der Waals surface area contributed by atoms with Crippen molar-refractivity contribution in [3.05, 3.63) is 0 Å². The number of aliphatic hydroxyl groups is 1. The summed E-state index contributed by atoms with van der Waals surface area (Å²) in [6, 6.07) is 0. The summed E-state index contributed by atoms with van der Waals surface area (Å²) in [6.45, 7) is 1.89. The van der Waals surface area contributed by atoms with Crippen LogP contribution in [0.4, 0.5) is 13.2 Å². The van der Waals surface area contributed by atoms with Crippen molar-refractivity contribution in [2.24, 2.45) is 0 Å². The number of hydrogen-bond acceptors (Lipinski definition) is 3. The van der Waals surface area contributed by atoms with Gasteiger partial charge < -0.3 is 9.84 Å². The highest BCUT2D eigenvalue weighted by Crippen LogP contribution is 2.40. The van der Waals surface area contributed by atoms with E-state index in [1.807, 2.05) is 0 Å². The molecule has 15 heavy (non-hydrogen) atoms. The molecule has 0 bridgehead atoms. The molecule has 0 aromatic rings. The summed E-state index contributed by atoms with van der Waals surface area (Å²) < 4.78 is 43.3. The second-order valence-corrected chi connectivity index (χ2v) is 3.67. The van der Waals surface area contributed by atoms with Gasteiger partial charge >= 0.3 is 6.18 Å². The van der Waals surface area contributed by atoms with Crippen molar-refractivity contribution in [1.82, 2.24) is 4.90 Å². The molecule has 0 saturated carbocycles. The molecule has 90 valence electrons. The zero-order chi connectivity index (χ0) is 11.5. The van der Waals surface area contributed by atoms with Gasteiger partial charge in [-0.2, -0.15) is 13.2 Å². The molecule has 6 heteroatoms. The highest BCUT2D eigenvalue weighted by atomic mass is 19.4. The van der Waals surface area contributed by atoms with E-state index in [0.717, 1.165) is 0 Å². The number of halogens is 3. The average Bonchev–Trinajstić information content (AvgIpc) is 2.50. The molecule has 1 unspecified atom stereocenters. The van der Waals surface area contributed by atoms with E-state index in [1.54, 1.807) is 11.8 Å². The van der Waals surface area contributed by atoms with Crippen LogP contribution in [0.1, 0.15) is 13.3 Å². The lowest BCUT2D eigenvalue weighted by Gasteiger charge is -2.31. The van der Waals surface area contributed by atoms with Gasteiger partial charge in [-0.25, -0.2) is 0 Å². The SMILES string of the molecule is CCOC1(C(F)(F)F)CCN(CCO)C1. The van der Waals surface area contributed by atoms with Crippen LogP contribution in [0.15, 0.2) is 0 Å². The summed E-state index contributed by atoms with van der Waals surface area (Å²) in [7, 11) is 0. The molecule has 1 rings (SSSR count). The molecule has 1 atom stereocenters. The van der Waals surface area contributed by atoms with Crippen LogP contribution >= 0.6 is 0 Å². The Kier molecular flexibility index (Phi) is 3.97. The lowest BCUT2D eigenvalue weighted by molar-refractivity contribution is -0.271. The second-order valence-electron chi connectivity index (χ2n) is 3.67. The Morgan fingerprint density at radius 2 is 2.13 bits per heavy atom. The summed E-state index contributed by atoms with van der Waals surface area (Å²) in [5.41, 5.74) is -2.03. The third-order valence-corrected chi connectivity index (χ3v) is 2.66. The molecule has 0 amide bonds. The summed E-state index contributed by atoms with van der Waals surface area (Å²) in [4.78, 5) is 1.57. The third-order valence-electron chi connectivity index (χ3n) is 2.66. The van der Waals surface area contributed by atoms with Gasteiger partial charge in [0.25, 0.3) is 0 Å². The van der Waals surface area contributed by atoms with Gasteiger partial charge in [0.05, 0.1) is 6.61 Å². The van der Waals surface area contributed by atoms with Gasteiger partial charge in [-0.3, -0.25) is 4.90 Å². The number of hydrogen-bond donors (Lipinski definition) is 1. The molecule has 1 N–H and O–H groups in total. The molecule has 0 aromatic heterocycles. The fraction of sp³-hybridized carbons (Fsp3) is 1.00. The quantitative estimate of drug-likeness (QED) is 0.778. The number of aliphatic hydroxyl groups excluding tert-OH is 1. The zero-order valence-corrected chi connectivity index (χ0v) is 8.68. The largest absolute Gasteiger partial charge is 0.418 e. The highest BCUT2D eigenvalue weighted by molar-refractivity contribution is 4.97. The molecule has 1 fully saturated rings. The van der Waals surface area contributed by atoms with Crippen molar-refractivity contribution >= 4 is 0 Å². The van der Waals surface area contributed by atoms with Gasteiger partial charge in [-0.05, 0) is 13.3 Å². The molecule has 0 radical (unpaired) electrons. The van der Waals surface area contributed by atoms with Gasteiger partial charge in [0.1, 0.15) is 0 Å². The van der Waals surface area contributed by atoms with E-state index in [2.05, 4.69) is 0 Å². The molecular formula is C9H16F3NO2. The van der Waals surface area contributed by atoms with Crippen LogP contribution in [0.2, 0.25) is 0 Å². The van der Waals surface area contributed by atoms with Crippen molar-refractivity contribution in [2.45, 2.75) is 25.1 Å². The first kappa shape index (κ1) is 12.7. The minimum Gasteiger partial charge on any atom is -0.395 e. The van der Waals surface area contributed by atoms with Crippen molar-refractivity contribution in [3.8, 4) is 0 Å². The fourth-order valence-corrected chi connectivity index (χ4v) is 1.90. The number of likely N-dealkylation sites (tertiary alicyclic amines) is 1. The van der Waals surface area contributed by atoms with Crippen LogP contribution in [-0.2, 0) is 4.74 Å². The van der Waals surface area contributed by atoms with E-state index in [9.17, 15) is 13.2 Å². The standard InChI is InChI=1S/C9H16F3NO2/c1-2-15-8(9(10,11)12)3-4-13(7-8)5-6-14/h14H,2-7H2,1H3. The predicted octanol–water partition coefficient (Wildman–Crippen LogP) is 1.02. The Morgan fingerprint density at radius 1 is 1.47 bits per heavy atom. The monoisotopic (exact) mass is 227 g/mol. The zero-order valence-electron chi connectivity index (χ0n) is 8.68. The Balaban J connectivity index is 2.69. The number of alkyl halides is 3. The minimum absolute atomic E-state index is 0.0481. The second kappa shape index (κ2) is 4.67. The minimum atomic E-state index is -4.34. The van der Waals surface area contributed by atoms with E-state index in [0.29, 0.717) is 6.54 Å². The van der Waals surface area contributed by atoms with Gasteiger partial charge in [-0.1, -0.05) is 0 Å². The lowest BCUT2D eigenvalue weighted by atomic mass is 10.0. The molecule has 1 saturated heterocycles. The van der Waals surface area contributed by atoms with Crippen LogP contribution in [0.3, 0.4) is 0 Å². The highest BCUT2D eigenvalue weighted by Gasteiger charge is 2.58. The summed E-state index contributed by atoms with van der Waals surface area (Å²) in [5.74, 6) is 0. The van der Waals surface area contributed by atoms with Gasteiger partial charge in [0.15, 0.2) is 5.60 Å². The molecule has 0 spiro atoms. The Hall–Kier alpha value is -0.330. The maximum Gasteiger partial charge on any atom is 0.418 e. The smallest absolute Gasteiger partial charge is 0.395 e. The molecule has 1 aliphatic heterocycles. The van der Waals surface area contributed by atoms with Crippen molar-refractivity contribution in [1.29, 1.82) is 0 Å². The first-order valence-corrected chi connectivity index (χ1v) is 4.99. The van der Waals surface area contributed by atoms with Gasteiger partial charge in [0.2, 0.25) is 0 Å². The van der Waals surface area contributed by atoms with E-state index in [1.165, 1.54) is 0 Å². The number of ether oxygens (including phenoxy) is 1. The van der Waals surface area contributed by atoms with Crippen LogP contribution in [-0.4, -0.2) is 54.6 Å². The maximum atomic E-state index is 12.8. The Morgan fingerprint density at radius 3 is 2.60 bits per heavy atom. The van der Waals surface area contributed by atoms with Crippen molar-refractivity contribution in [2.75, 3.05) is 32.8 Å². The van der Waals surface area contributed by atoms with Gasteiger partial charge in [0, 0.05) is 26.2 Å². The molecule has 3 nitrogen and oxygen atoms in total. The first-order chi connectivity index (χ1) is 6.95. The Bertz CT molecular complexity index is 210. The number of β-amino-alcohol motifs (C(OH)–C–C–N with tert-alkyl or cyclic N) is 1. The summed E-state index contributed by atoms with van der Waals surface area (Å²) in [5, 5.41) is 8.67. The van der Waals surface area contributed by atoms with Crippen LogP contribution in [0, 0.1) is 0 Å². The molecule has 1 heterocycles. The maximum absolute atomic E-state index is 12.8. The van der Waals surface area contributed by atoms with Crippen LogP contribution < -0.4 is 0 Å². The van der Waals surface area contributed by atoms with Crippen molar-refractivity contribution in [3.63, 3.8) is 0 Å². The normalized spacial score (nSPS) is 28.6. The molecule has 1 aliphatic rings. The van der Waals surface area contributed by atoms with Crippen molar-refractivity contribution < 1.29 is 23.0 Å². The molecule has 0 aliphatic carbocycles. The summed E-state index contributed by atoms with van der Waals surface area (Å²) in [6.07, 6.45) is -4.39. The van der Waals surface area contributed by atoms with E-state index in [4.69, 9.17) is 9.84 Å². The molecular weight excluding hydrogens is 211 g/mol.